The number of hydrogen-bond acceptors (Lipinski definition) is 4. The van der Waals surface area contributed by atoms with Gasteiger partial charge < -0.3 is 20.6 Å². The van der Waals surface area contributed by atoms with Gasteiger partial charge >= 0.3 is 12.0 Å². The van der Waals surface area contributed by atoms with Gasteiger partial charge in [0.25, 0.3) is 0 Å². The van der Waals surface area contributed by atoms with E-state index < -0.39 is 5.97 Å². The predicted molar refractivity (Wildman–Crippen MR) is 77.7 cm³/mol. The number of carboxylic acid groups (broad SMARTS) is 1. The van der Waals surface area contributed by atoms with E-state index in [1.54, 1.807) is 38.5 Å². The van der Waals surface area contributed by atoms with Crippen molar-refractivity contribution in [2.24, 2.45) is 0 Å². The summed E-state index contributed by atoms with van der Waals surface area (Å²) in [6, 6.07) is 5.05. The summed E-state index contributed by atoms with van der Waals surface area (Å²) in [5, 5.41) is 14.9. The number of carboxylic acids is 1. The third-order valence-corrected chi connectivity index (χ3v) is 2.83. The molecule has 0 aliphatic carbocycles. The Balaban J connectivity index is 2.06. The number of amides is 2. The maximum absolute atomic E-state index is 11.3. The largest absolute Gasteiger partial charge is 0.476 e. The number of nitrogens with one attached hydrogen (secondary N) is 2. The van der Waals surface area contributed by atoms with Gasteiger partial charge in [0, 0.05) is 33.4 Å². The second-order valence-corrected chi connectivity index (χ2v) is 4.60. The van der Waals surface area contributed by atoms with Crippen LogP contribution in [0, 0.1) is 0 Å². The van der Waals surface area contributed by atoms with Crippen LogP contribution in [-0.2, 0) is 0 Å². The Labute approximate surface area is 121 Å². The molecule has 112 valence electrons. The lowest BCUT2D eigenvalue weighted by Crippen LogP contribution is -2.37. The summed E-state index contributed by atoms with van der Waals surface area (Å²) < 4.78 is 1.50. The molecule has 0 saturated heterocycles. The molecule has 0 radical (unpaired) electrons. The number of anilines is 1. The van der Waals surface area contributed by atoms with Crippen LogP contribution in [0.15, 0.2) is 24.4 Å². The van der Waals surface area contributed by atoms with Crippen LogP contribution < -0.4 is 10.6 Å². The summed E-state index contributed by atoms with van der Waals surface area (Å²) in [6.45, 7) is 0.744. The Hall–Kier alpha value is -2.77. The quantitative estimate of drug-likeness (QED) is 0.705. The van der Waals surface area contributed by atoms with Gasteiger partial charge in [-0.3, -0.25) is 4.40 Å². The van der Waals surface area contributed by atoms with Crippen LogP contribution in [0.2, 0.25) is 0 Å². The number of aromatic nitrogens is 2. The highest BCUT2D eigenvalue weighted by Gasteiger charge is 2.17. The second-order valence-electron chi connectivity index (χ2n) is 4.60. The number of pyridine rings is 1. The molecular formula is C13H17N5O3. The zero-order valence-corrected chi connectivity index (χ0v) is 11.8. The van der Waals surface area contributed by atoms with Gasteiger partial charge in [-0.05, 0) is 12.1 Å². The molecule has 0 atom stereocenters. The van der Waals surface area contributed by atoms with Gasteiger partial charge in [-0.25, -0.2) is 14.6 Å². The minimum atomic E-state index is -1.06. The van der Waals surface area contributed by atoms with E-state index in [9.17, 15) is 14.7 Å². The maximum atomic E-state index is 11.3. The predicted octanol–water partition coefficient (Wildman–Crippen LogP) is 0.716. The molecule has 0 saturated carbocycles. The van der Waals surface area contributed by atoms with Crippen molar-refractivity contribution in [2.75, 3.05) is 32.5 Å². The van der Waals surface area contributed by atoms with Crippen LogP contribution in [0.25, 0.3) is 5.65 Å². The molecule has 2 heterocycles. The van der Waals surface area contributed by atoms with Crippen LogP contribution in [-0.4, -0.2) is 58.6 Å². The molecule has 0 aromatic carbocycles. The van der Waals surface area contributed by atoms with Gasteiger partial charge in [0.05, 0.1) is 0 Å². The minimum absolute atomic E-state index is 0.0736. The lowest BCUT2D eigenvalue weighted by molar-refractivity contribution is 0.0690. The number of urea groups is 1. The Morgan fingerprint density at radius 2 is 2.10 bits per heavy atom. The molecule has 3 N–H and O–H groups in total. The van der Waals surface area contributed by atoms with Gasteiger partial charge in [0.15, 0.2) is 11.5 Å². The lowest BCUT2D eigenvalue weighted by Gasteiger charge is -2.12. The molecule has 8 nitrogen and oxygen atoms in total. The van der Waals surface area contributed by atoms with Crippen LogP contribution in [0.3, 0.4) is 0 Å². The Kier molecular flexibility index (Phi) is 4.27. The molecule has 0 bridgehead atoms. The van der Waals surface area contributed by atoms with Gasteiger partial charge in [-0.1, -0.05) is 6.07 Å². The summed E-state index contributed by atoms with van der Waals surface area (Å²) in [5.74, 6) is -0.777. The first kappa shape index (κ1) is 14.6. The van der Waals surface area contributed by atoms with E-state index in [1.165, 1.54) is 9.30 Å². The third kappa shape index (κ3) is 3.22. The molecule has 0 fully saturated rings. The summed E-state index contributed by atoms with van der Waals surface area (Å²) in [5.41, 5.74) is 0.624. The molecule has 0 unspecified atom stereocenters. The maximum Gasteiger partial charge on any atom is 0.356 e. The van der Waals surface area contributed by atoms with Gasteiger partial charge in [0.2, 0.25) is 0 Å². The second kappa shape index (κ2) is 6.12. The number of rotatable bonds is 5. The first-order valence-electron chi connectivity index (χ1n) is 6.40. The number of carbonyl (C=O) groups excluding carboxylic acids is 1. The van der Waals surface area contributed by atoms with Crippen LogP contribution >= 0.6 is 0 Å². The van der Waals surface area contributed by atoms with E-state index >= 15 is 0 Å². The minimum Gasteiger partial charge on any atom is -0.476 e. The van der Waals surface area contributed by atoms with Crippen LogP contribution in [0.5, 0.6) is 0 Å². The van der Waals surface area contributed by atoms with E-state index in [4.69, 9.17) is 0 Å². The fourth-order valence-electron chi connectivity index (χ4n) is 1.83. The standard InChI is InChI=1S/C13H17N5O3/c1-17(2)13(21)15-7-6-14-11-10(12(19)20)18-8-4-3-5-9(18)16-11/h3-5,8,14H,6-7H2,1-2H3,(H,15,21)(H,19,20). The molecular weight excluding hydrogens is 274 g/mol. The monoisotopic (exact) mass is 291 g/mol. The summed E-state index contributed by atoms with van der Waals surface area (Å²) in [6.07, 6.45) is 1.64. The molecule has 2 amide bonds. The van der Waals surface area contributed by atoms with E-state index in [-0.39, 0.29) is 17.5 Å². The SMILES string of the molecule is CN(C)C(=O)NCCNc1nc2ccccn2c1C(=O)O. The smallest absolute Gasteiger partial charge is 0.356 e. The van der Waals surface area contributed by atoms with E-state index in [0.29, 0.717) is 18.7 Å². The average molecular weight is 291 g/mol. The van der Waals surface area contributed by atoms with Crippen LogP contribution in [0.1, 0.15) is 10.5 Å². The Bertz CT molecular complexity index is 665. The molecule has 2 aromatic rings. The van der Waals surface area contributed by atoms with E-state index in [2.05, 4.69) is 15.6 Å². The molecule has 0 aliphatic rings. The van der Waals surface area contributed by atoms with Crippen molar-refractivity contribution in [1.82, 2.24) is 19.6 Å². The average Bonchev–Trinajstić information content (AvgIpc) is 2.81. The zero-order chi connectivity index (χ0) is 15.4. The molecule has 2 rings (SSSR count). The van der Waals surface area contributed by atoms with Crippen molar-refractivity contribution in [3.63, 3.8) is 0 Å². The molecule has 2 aromatic heterocycles. The molecule has 0 spiro atoms. The van der Waals surface area contributed by atoms with Gasteiger partial charge in [-0.2, -0.15) is 0 Å². The number of carbonyl (C=O) groups is 2. The van der Waals surface area contributed by atoms with Crippen LogP contribution in [0.4, 0.5) is 10.6 Å². The fourth-order valence-corrected chi connectivity index (χ4v) is 1.83. The lowest BCUT2D eigenvalue weighted by atomic mass is 10.4. The highest BCUT2D eigenvalue weighted by atomic mass is 16.4. The number of aromatic carboxylic acids is 1. The Morgan fingerprint density at radius 3 is 2.76 bits per heavy atom. The number of nitrogens with zero attached hydrogens (tertiary/aromatic N) is 3. The van der Waals surface area contributed by atoms with Crippen molar-refractivity contribution < 1.29 is 14.7 Å². The van der Waals surface area contributed by atoms with Crippen molar-refractivity contribution in [3.05, 3.63) is 30.1 Å². The number of imidazole rings is 1. The van der Waals surface area contributed by atoms with Gasteiger partial charge in [-0.15, -0.1) is 0 Å². The normalized spacial score (nSPS) is 10.4. The topological polar surface area (TPSA) is 99.0 Å². The van der Waals surface area contributed by atoms with E-state index in [0.717, 1.165) is 0 Å². The zero-order valence-electron chi connectivity index (χ0n) is 11.8. The summed E-state index contributed by atoms with van der Waals surface area (Å²) in [7, 11) is 3.29. The first-order valence-corrected chi connectivity index (χ1v) is 6.40. The number of hydrogen-bond donors (Lipinski definition) is 3. The van der Waals surface area contributed by atoms with Crippen molar-refractivity contribution in [3.8, 4) is 0 Å². The summed E-state index contributed by atoms with van der Waals surface area (Å²) >= 11 is 0. The van der Waals surface area contributed by atoms with Crippen molar-refractivity contribution >= 4 is 23.5 Å². The first-order chi connectivity index (χ1) is 10.0. The third-order valence-electron chi connectivity index (χ3n) is 2.83. The highest BCUT2D eigenvalue weighted by molar-refractivity contribution is 5.92. The van der Waals surface area contributed by atoms with Crippen molar-refractivity contribution in [2.45, 2.75) is 0 Å². The Morgan fingerprint density at radius 1 is 1.33 bits per heavy atom. The highest BCUT2D eigenvalue weighted by Crippen LogP contribution is 2.17. The fraction of sp³-hybridized carbons (Fsp3) is 0.308. The van der Waals surface area contributed by atoms with Gasteiger partial charge in [0.1, 0.15) is 5.65 Å². The molecule has 0 aliphatic heterocycles. The van der Waals surface area contributed by atoms with E-state index in [1.807, 2.05) is 0 Å². The summed E-state index contributed by atoms with van der Waals surface area (Å²) in [4.78, 5) is 28.4. The number of fused-ring (bicyclic) bond motifs is 1. The molecule has 21 heavy (non-hydrogen) atoms. The van der Waals surface area contributed by atoms with Crippen molar-refractivity contribution in [1.29, 1.82) is 0 Å². The molecule has 8 heteroatoms.